The number of rotatable bonds is 7. The van der Waals surface area contributed by atoms with Crippen LogP contribution in [0.3, 0.4) is 0 Å². The van der Waals surface area contributed by atoms with Gasteiger partial charge in [-0.2, -0.15) is 9.67 Å². The van der Waals surface area contributed by atoms with E-state index in [9.17, 15) is 4.39 Å². The van der Waals surface area contributed by atoms with Crippen LogP contribution in [0.4, 0.5) is 16.0 Å². The first-order valence-corrected chi connectivity index (χ1v) is 8.56. The van der Waals surface area contributed by atoms with Crippen molar-refractivity contribution in [2.45, 2.75) is 0 Å². The maximum atomic E-state index is 13.1. The number of benzene rings is 2. The third-order valence-corrected chi connectivity index (χ3v) is 3.91. The Kier molecular flexibility index (Phi) is 5.07. The summed E-state index contributed by atoms with van der Waals surface area (Å²) < 4.78 is 25.3. The number of hydrogen-bond acceptors (Lipinski definition) is 7. The Morgan fingerprint density at radius 3 is 2.79 bits per heavy atom. The lowest BCUT2D eigenvalue weighted by atomic mass is 10.3. The Morgan fingerprint density at radius 1 is 1.11 bits per heavy atom. The van der Waals surface area contributed by atoms with E-state index in [1.54, 1.807) is 30.1 Å². The average Bonchev–Trinajstić information content (AvgIpc) is 3.13. The molecule has 142 valence electrons. The van der Waals surface area contributed by atoms with Crippen molar-refractivity contribution in [2.75, 3.05) is 25.6 Å². The molecule has 2 aromatic carbocycles. The fourth-order valence-electron chi connectivity index (χ4n) is 2.57. The van der Waals surface area contributed by atoms with E-state index in [0.717, 1.165) is 5.69 Å². The van der Waals surface area contributed by atoms with Crippen molar-refractivity contribution in [1.82, 2.24) is 25.0 Å². The first-order valence-electron chi connectivity index (χ1n) is 8.56. The molecule has 0 bridgehead atoms. The molecule has 0 unspecified atom stereocenters. The summed E-state index contributed by atoms with van der Waals surface area (Å²) in [6.07, 6.45) is 1.58. The van der Waals surface area contributed by atoms with E-state index in [2.05, 4.69) is 25.6 Å². The Bertz CT molecular complexity index is 1080. The van der Waals surface area contributed by atoms with Crippen molar-refractivity contribution >= 4 is 22.8 Å². The summed E-state index contributed by atoms with van der Waals surface area (Å²) in [5.74, 6) is 0.740. The number of methoxy groups -OCH3 is 1. The molecule has 0 aliphatic heterocycles. The highest BCUT2D eigenvalue weighted by molar-refractivity contribution is 5.73. The third kappa shape index (κ3) is 3.89. The Labute approximate surface area is 159 Å². The largest absolute Gasteiger partial charge is 0.491 e. The van der Waals surface area contributed by atoms with Crippen LogP contribution in [-0.4, -0.2) is 45.3 Å². The van der Waals surface area contributed by atoms with Crippen LogP contribution >= 0.6 is 0 Å². The highest BCUT2D eigenvalue weighted by Gasteiger charge is 2.11. The van der Waals surface area contributed by atoms with Crippen LogP contribution < -0.4 is 10.1 Å². The van der Waals surface area contributed by atoms with Gasteiger partial charge >= 0.3 is 0 Å². The molecule has 0 amide bonds. The predicted octanol–water partition coefficient (Wildman–Crippen LogP) is 3.12. The zero-order chi connectivity index (χ0) is 19.3. The molecule has 8 nitrogen and oxygen atoms in total. The molecule has 4 aromatic rings. The smallest absolute Gasteiger partial charge is 0.229 e. The van der Waals surface area contributed by atoms with Gasteiger partial charge in [0.2, 0.25) is 5.95 Å². The van der Waals surface area contributed by atoms with E-state index in [4.69, 9.17) is 9.47 Å². The second kappa shape index (κ2) is 7.97. The minimum Gasteiger partial charge on any atom is -0.491 e. The van der Waals surface area contributed by atoms with Crippen molar-refractivity contribution in [1.29, 1.82) is 0 Å². The molecular formula is C19H17FN6O2. The molecule has 0 radical (unpaired) electrons. The van der Waals surface area contributed by atoms with Gasteiger partial charge in [0.25, 0.3) is 0 Å². The molecule has 1 N–H and O–H groups in total. The molecule has 0 saturated carbocycles. The lowest BCUT2D eigenvalue weighted by molar-refractivity contribution is 0.146. The summed E-state index contributed by atoms with van der Waals surface area (Å²) >= 11 is 0. The second-order valence-corrected chi connectivity index (χ2v) is 5.87. The second-order valence-electron chi connectivity index (χ2n) is 5.87. The van der Waals surface area contributed by atoms with Gasteiger partial charge in [-0.25, -0.2) is 9.37 Å². The van der Waals surface area contributed by atoms with E-state index in [1.807, 2.05) is 24.3 Å². The molecule has 2 aromatic heterocycles. The summed E-state index contributed by atoms with van der Waals surface area (Å²) in [7, 11) is 1.62. The van der Waals surface area contributed by atoms with Crippen LogP contribution in [0.15, 0.2) is 54.7 Å². The summed E-state index contributed by atoms with van der Waals surface area (Å²) in [6.45, 7) is 0.952. The number of ether oxygens (including phenoxy) is 2. The Hall–Kier alpha value is -3.59. The predicted molar refractivity (Wildman–Crippen MR) is 102 cm³/mol. The first kappa shape index (κ1) is 17.8. The van der Waals surface area contributed by atoms with Gasteiger partial charge in [0.1, 0.15) is 18.2 Å². The number of anilines is 2. The minimum atomic E-state index is -0.309. The molecule has 0 fully saturated rings. The molecular weight excluding hydrogens is 363 g/mol. The fourth-order valence-corrected chi connectivity index (χ4v) is 2.57. The lowest BCUT2D eigenvalue weighted by Gasteiger charge is -2.08. The number of fused-ring (bicyclic) bond motifs is 1. The van der Waals surface area contributed by atoms with Crippen molar-refractivity contribution in [3.63, 3.8) is 0 Å². The standard InChI is InChI=1S/C19H17FN6O2/c1-27-9-10-28-16-4-2-3-15(11-16)26-18-17(24-25-26)12-21-19(23-18)22-14-7-5-13(20)6-8-14/h2-8,11-12H,9-10H2,1H3,(H,21,22,23). The SMILES string of the molecule is COCCOc1cccc(-n2nnc3cnc(Nc4ccc(F)cc4)nc32)c1. The summed E-state index contributed by atoms with van der Waals surface area (Å²) in [5.41, 5.74) is 2.51. The van der Waals surface area contributed by atoms with Gasteiger partial charge in [-0.3, -0.25) is 0 Å². The highest BCUT2D eigenvalue weighted by Crippen LogP contribution is 2.21. The summed E-state index contributed by atoms with van der Waals surface area (Å²) in [5, 5.41) is 11.3. The van der Waals surface area contributed by atoms with Gasteiger partial charge in [0.05, 0.1) is 18.5 Å². The monoisotopic (exact) mass is 380 g/mol. The molecule has 9 heteroatoms. The summed E-state index contributed by atoms with van der Waals surface area (Å²) in [6, 6.07) is 13.4. The van der Waals surface area contributed by atoms with Gasteiger partial charge in [0, 0.05) is 18.9 Å². The molecule has 0 saturated heterocycles. The topological polar surface area (TPSA) is 87.0 Å². The minimum absolute atomic E-state index is 0.309. The van der Waals surface area contributed by atoms with E-state index >= 15 is 0 Å². The van der Waals surface area contributed by atoms with E-state index in [1.165, 1.54) is 12.1 Å². The number of halogens is 1. The highest BCUT2D eigenvalue weighted by atomic mass is 19.1. The van der Waals surface area contributed by atoms with E-state index in [-0.39, 0.29) is 5.82 Å². The van der Waals surface area contributed by atoms with Crippen molar-refractivity contribution in [3.8, 4) is 11.4 Å². The zero-order valence-corrected chi connectivity index (χ0v) is 15.0. The molecule has 0 spiro atoms. The van der Waals surface area contributed by atoms with E-state index < -0.39 is 0 Å². The van der Waals surface area contributed by atoms with Crippen molar-refractivity contribution in [3.05, 3.63) is 60.5 Å². The molecule has 28 heavy (non-hydrogen) atoms. The number of nitrogens with one attached hydrogen (secondary N) is 1. The van der Waals surface area contributed by atoms with Crippen LogP contribution in [0.5, 0.6) is 5.75 Å². The molecule has 0 aliphatic rings. The Balaban J connectivity index is 1.63. The van der Waals surface area contributed by atoms with Crippen molar-refractivity contribution < 1.29 is 13.9 Å². The fraction of sp³-hybridized carbons (Fsp3) is 0.158. The number of aromatic nitrogens is 5. The van der Waals surface area contributed by atoms with Crippen LogP contribution in [-0.2, 0) is 4.74 Å². The average molecular weight is 380 g/mol. The normalized spacial score (nSPS) is 10.9. The quantitative estimate of drug-likeness (QED) is 0.493. The number of nitrogens with zero attached hydrogens (tertiary/aromatic N) is 5. The van der Waals surface area contributed by atoms with Gasteiger partial charge < -0.3 is 14.8 Å². The Morgan fingerprint density at radius 2 is 1.96 bits per heavy atom. The van der Waals surface area contributed by atoms with Crippen molar-refractivity contribution in [2.24, 2.45) is 0 Å². The maximum Gasteiger partial charge on any atom is 0.229 e. The third-order valence-electron chi connectivity index (χ3n) is 3.91. The maximum absolute atomic E-state index is 13.1. The van der Waals surface area contributed by atoms with Gasteiger partial charge in [-0.05, 0) is 36.4 Å². The molecule has 0 atom stereocenters. The molecule has 2 heterocycles. The van der Waals surface area contributed by atoms with Gasteiger partial charge in [-0.15, -0.1) is 5.10 Å². The van der Waals surface area contributed by atoms with Crippen LogP contribution in [0.25, 0.3) is 16.9 Å². The first-order chi connectivity index (χ1) is 13.7. The molecule has 4 rings (SSSR count). The zero-order valence-electron chi connectivity index (χ0n) is 15.0. The van der Waals surface area contributed by atoms with Crippen LogP contribution in [0.1, 0.15) is 0 Å². The van der Waals surface area contributed by atoms with Gasteiger partial charge in [0.15, 0.2) is 11.2 Å². The van der Waals surface area contributed by atoms with Crippen LogP contribution in [0, 0.1) is 5.82 Å². The number of hydrogen-bond donors (Lipinski definition) is 1. The summed E-state index contributed by atoms with van der Waals surface area (Å²) in [4.78, 5) is 8.72. The van der Waals surface area contributed by atoms with Crippen LogP contribution in [0.2, 0.25) is 0 Å². The lowest BCUT2D eigenvalue weighted by Crippen LogP contribution is -2.05. The van der Waals surface area contributed by atoms with E-state index in [0.29, 0.717) is 41.8 Å². The molecule has 0 aliphatic carbocycles. The van der Waals surface area contributed by atoms with Gasteiger partial charge in [-0.1, -0.05) is 11.3 Å².